The highest BCUT2D eigenvalue weighted by molar-refractivity contribution is 5.80. The number of ether oxygens (including phenoxy) is 3. The standard InChI is InChI=1S/C79H141NO10/c1-4-7-10-13-16-19-22-25-27-29-31-33-35-36-37-38-39-41-43-45-47-49-52-55-58-61-64-67-74(84)90-77-76(86)75(85)73(68-81)89-79(77)88-69-70(71(82)65-62-59-56-53-50-24-21-18-15-12-9-6-3)80-78(87)72(83)66-63-60-57-54-51-48-46-44-42-40-34-32-30-28-26-23-20-17-14-11-8-5-2/h16-17,19-20,25-28,32,34,42,44,62,65,70-73,75-77,79,81-83,85-86H,4-15,18,21-24,29-31,33,35-41,43,45-61,63-64,66-69H2,1-3H3,(H,80,87)/b19-16-,20-17-,27-25-,28-26-,34-32-,44-42-,65-62+. The summed E-state index contributed by atoms with van der Waals surface area (Å²) in [4.78, 5) is 26.7. The summed E-state index contributed by atoms with van der Waals surface area (Å²) in [5.41, 5.74) is 0. The Morgan fingerprint density at radius 1 is 0.433 bits per heavy atom. The van der Waals surface area contributed by atoms with E-state index in [1.54, 1.807) is 6.08 Å². The lowest BCUT2D eigenvalue weighted by Gasteiger charge is -2.41. The number of unbranched alkanes of at least 4 members (excludes halogenated alkanes) is 39. The zero-order valence-corrected chi connectivity index (χ0v) is 58.2. The van der Waals surface area contributed by atoms with Gasteiger partial charge in [-0.1, -0.05) is 318 Å². The van der Waals surface area contributed by atoms with Crippen LogP contribution in [0.5, 0.6) is 0 Å². The number of rotatable bonds is 65. The van der Waals surface area contributed by atoms with Crippen LogP contribution in [0.4, 0.5) is 0 Å². The van der Waals surface area contributed by atoms with Crippen molar-refractivity contribution >= 4 is 11.9 Å². The Labute approximate surface area is 553 Å². The summed E-state index contributed by atoms with van der Waals surface area (Å²) in [6, 6.07) is -1.03. The summed E-state index contributed by atoms with van der Waals surface area (Å²) in [5, 5.41) is 57.3. The Balaban J connectivity index is 2.53. The molecule has 8 unspecified atom stereocenters. The van der Waals surface area contributed by atoms with Gasteiger partial charge in [0.1, 0.15) is 24.4 Å². The molecule has 6 N–H and O–H groups in total. The van der Waals surface area contributed by atoms with Crippen LogP contribution in [-0.4, -0.2) is 99.6 Å². The highest BCUT2D eigenvalue weighted by Crippen LogP contribution is 2.26. The summed E-state index contributed by atoms with van der Waals surface area (Å²) in [7, 11) is 0. The van der Waals surface area contributed by atoms with Crippen molar-refractivity contribution in [2.45, 2.75) is 391 Å². The number of nitrogens with one attached hydrogen (secondary N) is 1. The van der Waals surface area contributed by atoms with Gasteiger partial charge in [-0.05, 0) is 103 Å². The summed E-state index contributed by atoms with van der Waals surface area (Å²) in [6.07, 6.45) is 77.7. The smallest absolute Gasteiger partial charge is 0.306 e. The van der Waals surface area contributed by atoms with E-state index < -0.39 is 67.4 Å². The average Bonchev–Trinajstić information content (AvgIpc) is 1.14. The minimum atomic E-state index is -1.62. The second-order valence-corrected chi connectivity index (χ2v) is 26.0. The number of hydrogen-bond donors (Lipinski definition) is 6. The molecule has 90 heavy (non-hydrogen) atoms. The molecule has 1 amide bonds. The van der Waals surface area contributed by atoms with Gasteiger partial charge < -0.3 is 45.1 Å². The first-order valence-electron chi connectivity index (χ1n) is 37.9. The molecule has 0 aliphatic carbocycles. The molecule has 8 atom stereocenters. The van der Waals surface area contributed by atoms with Gasteiger partial charge in [-0.25, -0.2) is 0 Å². The Bertz CT molecular complexity index is 1790. The molecule has 0 aromatic rings. The average molecular weight is 1260 g/mol. The predicted molar refractivity (Wildman–Crippen MR) is 379 cm³/mol. The molecular weight excluding hydrogens is 1120 g/mol. The number of carbonyl (C=O) groups is 2. The van der Waals surface area contributed by atoms with Crippen molar-refractivity contribution in [1.29, 1.82) is 0 Å². The van der Waals surface area contributed by atoms with Crippen LogP contribution in [0.15, 0.2) is 85.1 Å². The minimum absolute atomic E-state index is 0.122. The van der Waals surface area contributed by atoms with Gasteiger partial charge in [0, 0.05) is 6.42 Å². The third-order valence-corrected chi connectivity index (χ3v) is 17.5. The SMILES string of the molecule is CCCCC/C=C\C/C=C\C/C=C\C/C=C\CCCCCCCCC(O)C(=O)NC(COC1OC(CO)C(O)C(O)C1OC(=O)CCCCCCCCCCCCCCCCCCC/C=C\C/C=C\CCCCC)C(O)/C=C/CCCCCCCCCCCC. The van der Waals surface area contributed by atoms with Gasteiger partial charge in [-0.15, -0.1) is 0 Å². The van der Waals surface area contributed by atoms with E-state index in [2.05, 4.69) is 99.0 Å². The Kier molecular flexibility index (Phi) is 62.1. The van der Waals surface area contributed by atoms with E-state index in [0.717, 1.165) is 103 Å². The van der Waals surface area contributed by atoms with Gasteiger partial charge in [-0.3, -0.25) is 9.59 Å². The Morgan fingerprint density at radius 3 is 1.17 bits per heavy atom. The molecule has 0 radical (unpaired) electrons. The molecule has 1 rings (SSSR count). The van der Waals surface area contributed by atoms with Gasteiger partial charge in [0.15, 0.2) is 12.4 Å². The van der Waals surface area contributed by atoms with Crippen LogP contribution >= 0.6 is 0 Å². The normalized spacial score (nSPS) is 18.5. The van der Waals surface area contributed by atoms with E-state index in [1.807, 2.05) is 6.08 Å². The molecule has 1 aliphatic heterocycles. The van der Waals surface area contributed by atoms with E-state index in [0.29, 0.717) is 12.8 Å². The molecule has 0 saturated carbocycles. The first kappa shape index (κ1) is 84.9. The maximum atomic E-state index is 13.5. The van der Waals surface area contributed by atoms with Crippen LogP contribution in [0.25, 0.3) is 0 Å². The zero-order chi connectivity index (χ0) is 65.3. The minimum Gasteiger partial charge on any atom is -0.454 e. The Morgan fingerprint density at radius 2 is 0.767 bits per heavy atom. The topological polar surface area (TPSA) is 175 Å². The van der Waals surface area contributed by atoms with E-state index in [1.165, 1.54) is 193 Å². The molecule has 0 aromatic heterocycles. The zero-order valence-electron chi connectivity index (χ0n) is 58.2. The molecule has 1 heterocycles. The van der Waals surface area contributed by atoms with Crippen molar-refractivity contribution in [3.05, 3.63) is 85.1 Å². The van der Waals surface area contributed by atoms with Crippen molar-refractivity contribution in [2.75, 3.05) is 13.2 Å². The van der Waals surface area contributed by atoms with Crippen molar-refractivity contribution in [1.82, 2.24) is 5.32 Å². The molecule has 1 fully saturated rings. The lowest BCUT2D eigenvalue weighted by Crippen LogP contribution is -2.61. The number of allylic oxidation sites excluding steroid dienone is 13. The second-order valence-electron chi connectivity index (χ2n) is 26.0. The fraction of sp³-hybridized carbons (Fsp3) is 0.797. The van der Waals surface area contributed by atoms with Crippen LogP contribution < -0.4 is 5.32 Å². The molecule has 0 bridgehead atoms. The number of aliphatic hydroxyl groups is 5. The van der Waals surface area contributed by atoms with Gasteiger partial charge in [0.2, 0.25) is 5.91 Å². The van der Waals surface area contributed by atoms with Crippen molar-refractivity contribution in [3.63, 3.8) is 0 Å². The van der Waals surface area contributed by atoms with Crippen molar-refractivity contribution in [2.24, 2.45) is 0 Å². The molecule has 11 heteroatoms. The molecule has 0 spiro atoms. The number of carbonyl (C=O) groups excluding carboxylic acids is 2. The van der Waals surface area contributed by atoms with Crippen LogP contribution in [0.2, 0.25) is 0 Å². The van der Waals surface area contributed by atoms with Gasteiger partial charge in [0.05, 0.1) is 25.4 Å². The molecule has 11 nitrogen and oxygen atoms in total. The van der Waals surface area contributed by atoms with E-state index in [9.17, 15) is 35.1 Å². The lowest BCUT2D eigenvalue weighted by atomic mass is 9.99. The summed E-state index contributed by atoms with van der Waals surface area (Å²) in [6.45, 7) is 5.77. The van der Waals surface area contributed by atoms with Crippen LogP contribution in [0, 0.1) is 0 Å². The second kappa shape index (κ2) is 65.9. The fourth-order valence-electron chi connectivity index (χ4n) is 11.6. The predicted octanol–water partition coefficient (Wildman–Crippen LogP) is 20.0. The summed E-state index contributed by atoms with van der Waals surface area (Å²) in [5.74, 6) is -1.20. The largest absolute Gasteiger partial charge is 0.454 e. The molecule has 0 aromatic carbocycles. The van der Waals surface area contributed by atoms with E-state index >= 15 is 0 Å². The molecule has 1 aliphatic rings. The molecule has 1 saturated heterocycles. The quantitative estimate of drug-likeness (QED) is 0.0195. The maximum Gasteiger partial charge on any atom is 0.306 e. The maximum absolute atomic E-state index is 13.5. The molecular formula is C79H141NO10. The third kappa shape index (κ3) is 52.2. The third-order valence-electron chi connectivity index (χ3n) is 17.5. The van der Waals surface area contributed by atoms with Gasteiger partial charge in [-0.2, -0.15) is 0 Å². The summed E-state index contributed by atoms with van der Waals surface area (Å²) >= 11 is 0. The highest BCUT2D eigenvalue weighted by Gasteiger charge is 2.47. The van der Waals surface area contributed by atoms with Crippen LogP contribution in [0.3, 0.4) is 0 Å². The summed E-state index contributed by atoms with van der Waals surface area (Å²) < 4.78 is 17.7. The number of hydrogen-bond acceptors (Lipinski definition) is 10. The Hall–Kier alpha value is -3.16. The first-order valence-corrected chi connectivity index (χ1v) is 37.9. The number of amides is 1. The van der Waals surface area contributed by atoms with Gasteiger partial charge >= 0.3 is 5.97 Å². The molecule has 522 valence electrons. The van der Waals surface area contributed by atoms with E-state index in [4.69, 9.17) is 14.2 Å². The van der Waals surface area contributed by atoms with Crippen LogP contribution in [-0.2, 0) is 23.8 Å². The van der Waals surface area contributed by atoms with E-state index in [-0.39, 0.29) is 19.4 Å². The monoisotopic (exact) mass is 1260 g/mol. The first-order chi connectivity index (χ1) is 44.2. The highest BCUT2D eigenvalue weighted by atomic mass is 16.7. The lowest BCUT2D eigenvalue weighted by molar-refractivity contribution is -0.305. The van der Waals surface area contributed by atoms with Crippen LogP contribution in [0.1, 0.15) is 342 Å². The number of aliphatic hydroxyl groups excluding tert-OH is 5. The van der Waals surface area contributed by atoms with Crippen molar-refractivity contribution < 1.29 is 49.3 Å². The van der Waals surface area contributed by atoms with Crippen molar-refractivity contribution in [3.8, 4) is 0 Å². The van der Waals surface area contributed by atoms with Gasteiger partial charge in [0.25, 0.3) is 0 Å². The fourth-order valence-corrected chi connectivity index (χ4v) is 11.6. The number of esters is 1.